The van der Waals surface area contributed by atoms with Crippen LogP contribution in [0.25, 0.3) is 0 Å². The van der Waals surface area contributed by atoms with Crippen molar-refractivity contribution in [2.75, 3.05) is 13.2 Å². The molecule has 0 unspecified atom stereocenters. The second kappa shape index (κ2) is 6.52. The van der Waals surface area contributed by atoms with Gasteiger partial charge in [0.15, 0.2) is 0 Å². The van der Waals surface area contributed by atoms with Crippen molar-refractivity contribution in [1.29, 1.82) is 0 Å². The van der Waals surface area contributed by atoms with E-state index >= 15 is 0 Å². The summed E-state index contributed by atoms with van der Waals surface area (Å²) >= 11 is 0. The molecule has 0 saturated carbocycles. The van der Waals surface area contributed by atoms with Gasteiger partial charge in [-0.2, -0.15) is 0 Å². The van der Waals surface area contributed by atoms with Crippen LogP contribution in [0, 0.1) is 5.92 Å². The standard InChI is InChI=1S/C15H20N2O3/c1-11-8-14(18)17(15(19)9-11)6-7-20-13-4-2-12(10-16)3-5-13/h2-5,11H,6-10,16H2,1H3. The number of imide groups is 1. The van der Waals surface area contributed by atoms with E-state index in [0.29, 0.717) is 38.3 Å². The van der Waals surface area contributed by atoms with E-state index in [-0.39, 0.29) is 17.7 Å². The molecule has 2 amide bonds. The predicted molar refractivity (Wildman–Crippen MR) is 74.9 cm³/mol. The molecule has 1 aliphatic heterocycles. The second-order valence-corrected chi connectivity index (χ2v) is 5.15. The van der Waals surface area contributed by atoms with E-state index in [1.807, 2.05) is 31.2 Å². The van der Waals surface area contributed by atoms with Gasteiger partial charge >= 0.3 is 0 Å². The van der Waals surface area contributed by atoms with Gasteiger partial charge in [-0.25, -0.2) is 0 Å². The minimum Gasteiger partial charge on any atom is -0.492 e. The minimum atomic E-state index is -0.101. The average Bonchev–Trinajstić information content (AvgIpc) is 2.42. The van der Waals surface area contributed by atoms with Crippen LogP contribution in [0.1, 0.15) is 25.3 Å². The zero-order valence-corrected chi connectivity index (χ0v) is 11.7. The first-order chi connectivity index (χ1) is 9.60. The summed E-state index contributed by atoms with van der Waals surface area (Å²) in [7, 11) is 0. The Labute approximate surface area is 118 Å². The molecule has 0 bridgehead atoms. The van der Waals surface area contributed by atoms with Gasteiger partial charge in [0.05, 0.1) is 6.54 Å². The van der Waals surface area contributed by atoms with E-state index in [0.717, 1.165) is 5.56 Å². The van der Waals surface area contributed by atoms with Crippen LogP contribution in [0.5, 0.6) is 5.75 Å². The Morgan fingerprint density at radius 1 is 1.20 bits per heavy atom. The molecule has 1 aromatic rings. The zero-order chi connectivity index (χ0) is 14.5. The van der Waals surface area contributed by atoms with E-state index < -0.39 is 0 Å². The maximum absolute atomic E-state index is 11.8. The Hall–Kier alpha value is -1.88. The van der Waals surface area contributed by atoms with Crippen molar-refractivity contribution in [1.82, 2.24) is 4.90 Å². The number of rotatable bonds is 5. The lowest BCUT2D eigenvalue weighted by Gasteiger charge is -2.28. The van der Waals surface area contributed by atoms with Crippen molar-refractivity contribution in [3.8, 4) is 5.75 Å². The third kappa shape index (κ3) is 3.57. The molecule has 1 saturated heterocycles. The highest BCUT2D eigenvalue weighted by molar-refractivity contribution is 5.97. The third-order valence-electron chi connectivity index (χ3n) is 3.39. The van der Waals surface area contributed by atoms with Gasteiger partial charge in [0.25, 0.3) is 0 Å². The maximum Gasteiger partial charge on any atom is 0.229 e. The molecule has 20 heavy (non-hydrogen) atoms. The number of ether oxygens (including phenoxy) is 1. The quantitative estimate of drug-likeness (QED) is 0.823. The van der Waals surface area contributed by atoms with Gasteiger partial charge in [0.2, 0.25) is 11.8 Å². The van der Waals surface area contributed by atoms with Gasteiger partial charge in [-0.1, -0.05) is 19.1 Å². The summed E-state index contributed by atoms with van der Waals surface area (Å²) in [4.78, 5) is 24.9. The van der Waals surface area contributed by atoms with Gasteiger partial charge in [-0.05, 0) is 23.6 Å². The third-order valence-corrected chi connectivity index (χ3v) is 3.39. The van der Waals surface area contributed by atoms with Gasteiger partial charge in [0, 0.05) is 19.4 Å². The molecule has 1 fully saturated rings. The predicted octanol–water partition coefficient (Wildman–Crippen LogP) is 1.31. The summed E-state index contributed by atoms with van der Waals surface area (Å²) in [6.07, 6.45) is 0.883. The fourth-order valence-electron chi connectivity index (χ4n) is 2.25. The fourth-order valence-corrected chi connectivity index (χ4v) is 2.25. The monoisotopic (exact) mass is 276 g/mol. The number of carbonyl (C=O) groups excluding carboxylic acids is 2. The highest BCUT2D eigenvalue weighted by Gasteiger charge is 2.29. The van der Waals surface area contributed by atoms with Crippen LogP contribution in [0.3, 0.4) is 0 Å². The van der Waals surface area contributed by atoms with Gasteiger partial charge in [-0.3, -0.25) is 14.5 Å². The van der Waals surface area contributed by atoms with Gasteiger partial charge < -0.3 is 10.5 Å². The molecule has 2 N–H and O–H groups in total. The van der Waals surface area contributed by atoms with Crippen molar-refractivity contribution in [2.24, 2.45) is 11.7 Å². The highest BCUT2D eigenvalue weighted by Crippen LogP contribution is 2.18. The summed E-state index contributed by atoms with van der Waals surface area (Å²) in [6, 6.07) is 7.47. The Balaban J connectivity index is 1.82. The van der Waals surface area contributed by atoms with Crippen molar-refractivity contribution in [2.45, 2.75) is 26.3 Å². The Morgan fingerprint density at radius 2 is 1.80 bits per heavy atom. The second-order valence-electron chi connectivity index (χ2n) is 5.15. The minimum absolute atomic E-state index is 0.101. The van der Waals surface area contributed by atoms with Gasteiger partial charge in [0.1, 0.15) is 12.4 Å². The maximum atomic E-state index is 11.8. The summed E-state index contributed by atoms with van der Waals surface area (Å²) in [5, 5.41) is 0. The molecule has 5 heteroatoms. The van der Waals surface area contributed by atoms with Crippen molar-refractivity contribution >= 4 is 11.8 Å². The summed E-state index contributed by atoms with van der Waals surface area (Å²) in [5.74, 6) is 0.662. The van der Waals surface area contributed by atoms with E-state index in [9.17, 15) is 9.59 Å². The van der Waals surface area contributed by atoms with Crippen LogP contribution < -0.4 is 10.5 Å². The Bertz CT molecular complexity index is 466. The molecule has 0 aliphatic carbocycles. The molecular weight excluding hydrogens is 256 g/mol. The molecule has 0 radical (unpaired) electrons. The normalized spacial score (nSPS) is 16.6. The average molecular weight is 276 g/mol. The first-order valence-electron chi connectivity index (χ1n) is 6.85. The summed E-state index contributed by atoms with van der Waals surface area (Å²) in [6.45, 7) is 3.04. The molecule has 2 rings (SSSR count). The van der Waals surface area contributed by atoms with Crippen LogP contribution in [0.2, 0.25) is 0 Å². The molecule has 5 nitrogen and oxygen atoms in total. The highest BCUT2D eigenvalue weighted by atomic mass is 16.5. The molecule has 108 valence electrons. The summed E-state index contributed by atoms with van der Waals surface area (Å²) in [5.41, 5.74) is 6.55. The van der Waals surface area contributed by atoms with Crippen LogP contribution in [-0.2, 0) is 16.1 Å². The zero-order valence-electron chi connectivity index (χ0n) is 11.7. The number of amides is 2. The van der Waals surface area contributed by atoms with E-state index in [1.54, 1.807) is 0 Å². The first kappa shape index (κ1) is 14.5. The van der Waals surface area contributed by atoms with Crippen molar-refractivity contribution in [3.05, 3.63) is 29.8 Å². The number of nitrogens with two attached hydrogens (primary N) is 1. The lowest BCUT2D eigenvalue weighted by atomic mass is 9.98. The van der Waals surface area contributed by atoms with Crippen LogP contribution >= 0.6 is 0 Å². The van der Waals surface area contributed by atoms with E-state index in [2.05, 4.69) is 0 Å². The topological polar surface area (TPSA) is 72.6 Å². The number of likely N-dealkylation sites (tertiary alicyclic amines) is 1. The number of benzene rings is 1. The first-order valence-corrected chi connectivity index (χ1v) is 6.85. The van der Waals surface area contributed by atoms with Crippen LogP contribution in [-0.4, -0.2) is 29.9 Å². The molecule has 1 heterocycles. The molecule has 1 aromatic carbocycles. The van der Waals surface area contributed by atoms with E-state index in [1.165, 1.54) is 4.90 Å². The number of carbonyl (C=O) groups is 2. The largest absolute Gasteiger partial charge is 0.492 e. The fraction of sp³-hybridized carbons (Fsp3) is 0.467. The lowest BCUT2D eigenvalue weighted by molar-refractivity contribution is -0.150. The lowest BCUT2D eigenvalue weighted by Crippen LogP contribution is -2.44. The van der Waals surface area contributed by atoms with E-state index in [4.69, 9.17) is 10.5 Å². The molecule has 0 atom stereocenters. The number of piperidine rings is 1. The smallest absolute Gasteiger partial charge is 0.229 e. The van der Waals surface area contributed by atoms with Crippen LogP contribution in [0.15, 0.2) is 24.3 Å². The molecule has 1 aliphatic rings. The van der Waals surface area contributed by atoms with Gasteiger partial charge in [-0.15, -0.1) is 0 Å². The number of hydrogen-bond donors (Lipinski definition) is 1. The van der Waals surface area contributed by atoms with Crippen molar-refractivity contribution in [3.63, 3.8) is 0 Å². The number of hydrogen-bond acceptors (Lipinski definition) is 4. The van der Waals surface area contributed by atoms with Crippen molar-refractivity contribution < 1.29 is 14.3 Å². The van der Waals surface area contributed by atoms with Crippen LogP contribution in [0.4, 0.5) is 0 Å². The molecule has 0 spiro atoms. The summed E-state index contributed by atoms with van der Waals surface area (Å²) < 4.78 is 5.54. The molecular formula is C15H20N2O3. The number of nitrogens with zero attached hydrogens (tertiary/aromatic N) is 1. The Morgan fingerprint density at radius 3 is 2.35 bits per heavy atom. The molecule has 0 aromatic heterocycles. The SMILES string of the molecule is CC1CC(=O)N(CCOc2ccc(CN)cc2)C(=O)C1. The Kier molecular flexibility index (Phi) is 4.74.